The van der Waals surface area contributed by atoms with Crippen molar-refractivity contribution in [1.82, 2.24) is 0 Å². The van der Waals surface area contributed by atoms with Crippen LogP contribution in [0, 0.1) is 0 Å². The Morgan fingerprint density at radius 1 is 0.905 bits per heavy atom. The van der Waals surface area contributed by atoms with Crippen LogP contribution in [0.3, 0.4) is 0 Å². The Balaban J connectivity index is -0.00000162. The first-order chi connectivity index (χ1) is 9.35. The number of nitrogens with zero attached hydrogens (tertiary/aromatic N) is 6. The number of ether oxygens (including phenoxy) is 3. The molecule has 0 bridgehead atoms. The third-order valence-corrected chi connectivity index (χ3v) is 1.96. The molecule has 0 N–H and O–H groups in total. The van der Waals surface area contributed by atoms with Gasteiger partial charge in [0.05, 0.1) is 26.4 Å². The Labute approximate surface area is 126 Å². The maximum Gasteiger partial charge on any atom is 0.104 e. The second-order valence-electron chi connectivity index (χ2n) is 3.55. The molecular weight excluding hydrogens is 276 g/mol. The van der Waals surface area contributed by atoms with Crippen LogP contribution < -0.4 is 0 Å². The van der Waals surface area contributed by atoms with Gasteiger partial charge >= 0.3 is 0 Å². The molecule has 0 radical (unpaired) electrons. The van der Waals surface area contributed by atoms with Gasteiger partial charge in [0.1, 0.15) is 6.10 Å². The van der Waals surface area contributed by atoms with Crippen LogP contribution in [-0.2, 0) is 14.2 Å². The van der Waals surface area contributed by atoms with E-state index < -0.39 is 0 Å². The molecule has 0 saturated heterocycles. The van der Waals surface area contributed by atoms with Gasteiger partial charge in [-0.1, -0.05) is 32.0 Å². The first kappa shape index (κ1) is 24.5. The minimum absolute atomic E-state index is 0. The summed E-state index contributed by atoms with van der Waals surface area (Å²) < 4.78 is 16.2. The predicted molar refractivity (Wildman–Crippen MR) is 83.2 cm³/mol. The smallest absolute Gasteiger partial charge is 0.104 e. The largest absolute Gasteiger partial charge is 0.379 e. The highest BCUT2D eigenvalue weighted by Gasteiger charge is 2.09. The third-order valence-electron chi connectivity index (χ3n) is 1.96. The molecule has 0 amide bonds. The number of azide groups is 2. The van der Waals surface area contributed by atoms with Crippen LogP contribution in [0.1, 0.15) is 28.2 Å². The third kappa shape index (κ3) is 18.5. The second-order valence-corrected chi connectivity index (χ2v) is 3.55. The van der Waals surface area contributed by atoms with Crippen molar-refractivity contribution in [3.63, 3.8) is 0 Å². The van der Waals surface area contributed by atoms with Crippen LogP contribution in [-0.4, -0.2) is 52.2 Å². The van der Waals surface area contributed by atoms with Crippen molar-refractivity contribution >= 4 is 0 Å². The normalized spacial score (nSPS) is 10.3. The molecule has 0 saturated carbocycles. The number of rotatable bonds is 13. The molecule has 0 heterocycles. The highest BCUT2D eigenvalue weighted by Crippen LogP contribution is 1.97. The van der Waals surface area contributed by atoms with Crippen molar-refractivity contribution in [2.24, 2.45) is 10.2 Å². The van der Waals surface area contributed by atoms with E-state index in [4.69, 9.17) is 25.3 Å². The fraction of sp³-hybridized carbons (Fsp3) is 1.00. The molecule has 0 aromatic rings. The average Bonchev–Trinajstić information content (AvgIpc) is 2.42. The maximum absolute atomic E-state index is 8.14. The first-order valence-corrected chi connectivity index (χ1v) is 6.14. The highest BCUT2D eigenvalue weighted by molar-refractivity contribution is 4.57. The van der Waals surface area contributed by atoms with Gasteiger partial charge in [0.2, 0.25) is 0 Å². The molecule has 1 unspecified atom stereocenters. The minimum Gasteiger partial charge on any atom is -0.379 e. The molecule has 0 aliphatic carbocycles. The molecular formula is C12H28N6O3. The molecule has 0 rings (SSSR count). The van der Waals surface area contributed by atoms with Crippen LogP contribution >= 0.6 is 0 Å². The first-order valence-electron chi connectivity index (χ1n) is 6.14. The van der Waals surface area contributed by atoms with Gasteiger partial charge in [-0.15, -0.1) is 0 Å². The van der Waals surface area contributed by atoms with Crippen LogP contribution in [0.4, 0.5) is 0 Å². The Kier molecular flexibility index (Phi) is 24.3. The lowest BCUT2D eigenvalue weighted by atomic mass is 10.4. The molecule has 1 atom stereocenters. The van der Waals surface area contributed by atoms with Crippen LogP contribution in [0.15, 0.2) is 10.2 Å². The molecule has 0 aromatic heterocycles. The molecule has 0 aromatic carbocycles. The van der Waals surface area contributed by atoms with Crippen molar-refractivity contribution in [3.05, 3.63) is 20.9 Å². The van der Waals surface area contributed by atoms with Gasteiger partial charge in [-0.25, -0.2) is 0 Å². The van der Waals surface area contributed by atoms with E-state index in [2.05, 4.69) is 20.1 Å². The summed E-state index contributed by atoms with van der Waals surface area (Å²) in [6.45, 7) is 4.69. The van der Waals surface area contributed by atoms with Crippen LogP contribution in [0.5, 0.6) is 0 Å². The van der Waals surface area contributed by atoms with E-state index in [0.717, 1.165) is 6.42 Å². The van der Waals surface area contributed by atoms with E-state index in [9.17, 15) is 0 Å². The lowest BCUT2D eigenvalue weighted by Crippen LogP contribution is -2.27. The van der Waals surface area contributed by atoms with Crippen LogP contribution in [0.25, 0.3) is 20.9 Å². The molecule has 124 valence electrons. The summed E-state index contributed by atoms with van der Waals surface area (Å²) in [5.41, 5.74) is 16.2. The fourth-order valence-electron chi connectivity index (χ4n) is 1.17. The lowest BCUT2D eigenvalue weighted by molar-refractivity contribution is -0.0564. The molecule has 0 spiro atoms. The van der Waals surface area contributed by atoms with Gasteiger partial charge in [-0.2, -0.15) is 0 Å². The van der Waals surface area contributed by atoms with E-state index in [1.165, 1.54) is 0 Å². The molecule has 0 aliphatic rings. The summed E-state index contributed by atoms with van der Waals surface area (Å²) in [7, 11) is 0. The monoisotopic (exact) mass is 304 g/mol. The van der Waals surface area contributed by atoms with Gasteiger partial charge in [0.25, 0.3) is 0 Å². The lowest BCUT2D eigenvalue weighted by Gasteiger charge is -2.17. The fourth-order valence-corrected chi connectivity index (χ4v) is 1.17. The van der Waals surface area contributed by atoms with Crippen molar-refractivity contribution in [1.29, 1.82) is 0 Å². The predicted octanol–water partition coefficient (Wildman–Crippen LogP) is 3.71. The molecule has 9 nitrogen and oxygen atoms in total. The van der Waals surface area contributed by atoms with Gasteiger partial charge < -0.3 is 14.2 Å². The van der Waals surface area contributed by atoms with E-state index in [-0.39, 0.29) is 34.0 Å². The van der Waals surface area contributed by atoms with E-state index in [1.54, 1.807) is 0 Å². The van der Waals surface area contributed by atoms with Crippen molar-refractivity contribution in [2.75, 3.05) is 46.1 Å². The summed E-state index contributed by atoms with van der Waals surface area (Å²) in [5, 5.41) is 6.74. The topological polar surface area (TPSA) is 125 Å². The van der Waals surface area contributed by atoms with Crippen molar-refractivity contribution in [3.8, 4) is 0 Å². The van der Waals surface area contributed by atoms with Gasteiger partial charge in [-0.05, 0) is 17.5 Å². The summed E-state index contributed by atoms with van der Waals surface area (Å²) >= 11 is 0. The Morgan fingerprint density at radius 3 is 1.95 bits per heavy atom. The van der Waals surface area contributed by atoms with E-state index in [1.807, 2.05) is 6.92 Å². The highest BCUT2D eigenvalue weighted by atomic mass is 16.6. The summed E-state index contributed by atoms with van der Waals surface area (Å²) in [5.74, 6) is 0. The zero-order valence-electron chi connectivity index (χ0n) is 11.1. The quantitative estimate of drug-likeness (QED) is 0.223. The SMILES string of the molecule is C.C.CCCOCC(COCCN=[N+]=[N-])OCCN=[N+]=[N-]. The Hall–Kier alpha value is -1.50. The second kappa shape index (κ2) is 20.8. The average molecular weight is 304 g/mol. The zero-order chi connectivity index (χ0) is 14.2. The Bertz CT molecular complexity index is 303. The van der Waals surface area contributed by atoms with Crippen molar-refractivity contribution < 1.29 is 14.2 Å². The standard InChI is InChI=1S/C10H20N6O3.2CH4/c1-2-5-17-8-10(19-7-4-14-16-12)9-18-6-3-13-15-11;;/h10H,2-9H2,1H3;2*1H4. The summed E-state index contributed by atoms with van der Waals surface area (Å²) in [6, 6.07) is 0. The van der Waals surface area contributed by atoms with E-state index >= 15 is 0 Å². The Morgan fingerprint density at radius 2 is 1.43 bits per heavy atom. The van der Waals surface area contributed by atoms with Gasteiger partial charge in [0, 0.05) is 29.5 Å². The summed E-state index contributed by atoms with van der Waals surface area (Å²) in [6.07, 6.45) is 0.718. The maximum atomic E-state index is 8.14. The molecule has 0 fully saturated rings. The summed E-state index contributed by atoms with van der Waals surface area (Å²) in [4.78, 5) is 5.27. The number of hydrogen-bond donors (Lipinski definition) is 0. The zero-order valence-corrected chi connectivity index (χ0v) is 11.1. The molecule has 21 heavy (non-hydrogen) atoms. The molecule has 0 aliphatic heterocycles. The van der Waals surface area contributed by atoms with E-state index in [0.29, 0.717) is 33.0 Å². The minimum atomic E-state index is -0.216. The van der Waals surface area contributed by atoms with Gasteiger partial charge in [-0.3, -0.25) is 0 Å². The number of hydrogen-bond acceptors (Lipinski definition) is 5. The van der Waals surface area contributed by atoms with Crippen molar-refractivity contribution in [2.45, 2.75) is 34.3 Å². The molecule has 9 heteroatoms. The van der Waals surface area contributed by atoms with Crippen LogP contribution in [0.2, 0.25) is 0 Å². The van der Waals surface area contributed by atoms with Gasteiger partial charge in [0.15, 0.2) is 0 Å².